The Morgan fingerprint density at radius 3 is 2.03 bits per heavy atom. The van der Waals surface area contributed by atoms with Crippen molar-refractivity contribution in [3.05, 3.63) is 11.1 Å². The quantitative estimate of drug-likeness (QED) is 0.355. The molecule has 0 aliphatic carbocycles. The van der Waals surface area contributed by atoms with E-state index in [1.54, 1.807) is 0 Å². The van der Waals surface area contributed by atoms with Crippen molar-refractivity contribution in [2.45, 2.75) is 102 Å². The van der Waals surface area contributed by atoms with E-state index in [2.05, 4.69) is 39.2 Å². The van der Waals surface area contributed by atoms with Gasteiger partial charge in [-0.2, -0.15) is 8.42 Å². The van der Waals surface area contributed by atoms with Crippen LogP contribution in [0.5, 0.6) is 0 Å². The molecule has 2 aliphatic heterocycles. The molecule has 5 N–H and O–H groups in total. The van der Waals surface area contributed by atoms with Crippen LogP contribution >= 0.6 is 0 Å². The zero-order chi connectivity index (χ0) is 25.8. The van der Waals surface area contributed by atoms with Crippen molar-refractivity contribution in [2.24, 2.45) is 11.5 Å². The van der Waals surface area contributed by atoms with E-state index in [9.17, 15) is 13.2 Å². The Balaban J connectivity index is 2.56. The molecule has 13 heteroatoms. The minimum Gasteiger partial charge on any atom is -0.414 e. The fourth-order valence-electron chi connectivity index (χ4n) is 3.28. The highest BCUT2D eigenvalue weighted by Gasteiger charge is 2.67. The summed E-state index contributed by atoms with van der Waals surface area (Å²) in [7, 11) is -8.85. The van der Waals surface area contributed by atoms with Crippen LogP contribution in [0.4, 0.5) is 4.79 Å². The van der Waals surface area contributed by atoms with Crippen molar-refractivity contribution in [1.82, 2.24) is 5.32 Å². The van der Waals surface area contributed by atoms with Gasteiger partial charge in [0.1, 0.15) is 12.2 Å². The topological polar surface area (TPSA) is 152 Å². The maximum absolute atomic E-state index is 12.5. The molecule has 1 fully saturated rings. The van der Waals surface area contributed by atoms with Gasteiger partial charge in [0, 0.05) is 0 Å². The van der Waals surface area contributed by atoms with Crippen LogP contribution in [0, 0.1) is 0 Å². The lowest BCUT2D eigenvalue weighted by molar-refractivity contribution is -0.0419. The van der Waals surface area contributed by atoms with E-state index in [1.807, 2.05) is 33.9 Å². The number of urea groups is 1. The molecule has 0 aromatic rings. The number of amides is 2. The zero-order valence-corrected chi connectivity index (χ0v) is 24.3. The van der Waals surface area contributed by atoms with Crippen molar-refractivity contribution in [3.8, 4) is 0 Å². The van der Waals surface area contributed by atoms with Crippen molar-refractivity contribution < 1.29 is 31.0 Å². The first-order chi connectivity index (χ1) is 14.6. The minimum absolute atomic E-state index is 0.00879. The Kier molecular flexibility index (Phi) is 7.37. The zero-order valence-electron chi connectivity index (χ0n) is 21.4. The Hall–Kier alpha value is -0.966. The van der Waals surface area contributed by atoms with Gasteiger partial charge in [0.05, 0.1) is 17.7 Å². The highest BCUT2D eigenvalue weighted by Crippen LogP contribution is 2.49. The molecule has 1 saturated heterocycles. The molecular weight excluding hydrogens is 482 g/mol. The third kappa shape index (κ3) is 5.49. The summed E-state index contributed by atoms with van der Waals surface area (Å²) >= 11 is 0. The first kappa shape index (κ1) is 28.3. The molecular formula is C20H41N3O7SSi2. The molecule has 0 radical (unpaired) electrons. The third-order valence-electron chi connectivity index (χ3n) is 7.38. The Labute approximate surface area is 200 Å². The summed E-state index contributed by atoms with van der Waals surface area (Å²) in [4.78, 5) is 11.8. The molecule has 0 aromatic carbocycles. The molecule has 4 atom stereocenters. The summed E-state index contributed by atoms with van der Waals surface area (Å²) in [6.07, 6.45) is -3.08. The van der Waals surface area contributed by atoms with Gasteiger partial charge in [-0.1, -0.05) is 41.5 Å². The SMILES string of the molecule is CC(C)(C)[Si](C)(C)OC[C@H]1O[C@@H](NC(N)=O)[C@H](O[Si](C)(C)C(C)(C)C)[C@]12OS(=O)(=O)C=C2N. The van der Waals surface area contributed by atoms with Gasteiger partial charge >= 0.3 is 6.03 Å². The van der Waals surface area contributed by atoms with E-state index < -0.39 is 56.8 Å². The number of hydrogen-bond donors (Lipinski definition) is 3. The number of carbonyl (C=O) groups is 1. The number of primary amides is 1. The van der Waals surface area contributed by atoms with E-state index in [0.717, 1.165) is 5.41 Å². The average molecular weight is 524 g/mol. The Bertz CT molecular complexity index is 910. The van der Waals surface area contributed by atoms with Crippen LogP contribution in [-0.4, -0.2) is 61.7 Å². The van der Waals surface area contributed by atoms with E-state index in [4.69, 9.17) is 29.2 Å². The normalized spacial score (nSPS) is 30.5. The van der Waals surface area contributed by atoms with Crippen LogP contribution in [-0.2, 0) is 27.9 Å². The van der Waals surface area contributed by atoms with Crippen LogP contribution in [0.1, 0.15) is 41.5 Å². The fraction of sp³-hybridized carbons (Fsp3) is 0.850. The van der Waals surface area contributed by atoms with Crippen LogP contribution in [0.3, 0.4) is 0 Å². The standard InChI is InChI=1S/C20H41N3O7SSi2/c1-18(2,3)32(7,8)27-11-14-20(13(21)12-31(25,26)30-20)15(16(28-14)23-17(22)24)29-33(9,10)19(4,5)6/h12,14-16H,11,21H2,1-10H3,(H3,22,23,24)/t14-,15+,16-,20-/m1/s1. The molecule has 33 heavy (non-hydrogen) atoms. The van der Waals surface area contributed by atoms with Gasteiger partial charge in [-0.15, -0.1) is 0 Å². The highest BCUT2D eigenvalue weighted by molar-refractivity contribution is 7.90. The molecule has 192 valence electrons. The molecule has 2 heterocycles. The summed E-state index contributed by atoms with van der Waals surface area (Å²) in [6, 6.07) is -0.839. The predicted octanol–water partition coefficient (Wildman–Crippen LogP) is 2.69. The van der Waals surface area contributed by atoms with E-state index in [-0.39, 0.29) is 22.4 Å². The predicted molar refractivity (Wildman–Crippen MR) is 132 cm³/mol. The minimum atomic E-state index is -4.10. The summed E-state index contributed by atoms with van der Waals surface area (Å²) < 4.78 is 49.7. The summed E-state index contributed by atoms with van der Waals surface area (Å²) in [5, 5.41) is 3.10. The Morgan fingerprint density at radius 1 is 1.12 bits per heavy atom. The lowest BCUT2D eigenvalue weighted by atomic mass is 9.89. The van der Waals surface area contributed by atoms with Crippen molar-refractivity contribution in [2.75, 3.05) is 6.61 Å². The Morgan fingerprint density at radius 2 is 1.64 bits per heavy atom. The lowest BCUT2D eigenvalue weighted by Gasteiger charge is -2.43. The summed E-state index contributed by atoms with van der Waals surface area (Å²) in [6.45, 7) is 20.6. The van der Waals surface area contributed by atoms with Crippen LogP contribution in [0.15, 0.2) is 11.1 Å². The summed E-state index contributed by atoms with van der Waals surface area (Å²) in [5.41, 5.74) is 9.96. The second-order valence-electron chi connectivity index (χ2n) is 11.9. The van der Waals surface area contributed by atoms with Crippen molar-refractivity contribution >= 4 is 32.8 Å². The molecule has 1 spiro atoms. The third-order valence-corrected chi connectivity index (χ3v) is 17.4. The second kappa shape index (κ2) is 8.61. The fourth-order valence-corrected chi connectivity index (χ4v) is 6.79. The second-order valence-corrected chi connectivity index (χ2v) is 22.8. The first-order valence-corrected chi connectivity index (χ1v) is 18.3. The van der Waals surface area contributed by atoms with E-state index in [1.165, 1.54) is 0 Å². The van der Waals surface area contributed by atoms with Crippen LogP contribution in [0.2, 0.25) is 36.3 Å². The lowest BCUT2D eigenvalue weighted by Crippen LogP contribution is -2.61. The first-order valence-electron chi connectivity index (χ1n) is 11.0. The van der Waals surface area contributed by atoms with Gasteiger partial charge in [0.25, 0.3) is 10.1 Å². The van der Waals surface area contributed by atoms with Gasteiger partial charge in [-0.25, -0.2) is 8.98 Å². The maximum atomic E-state index is 12.5. The van der Waals surface area contributed by atoms with Crippen LogP contribution < -0.4 is 16.8 Å². The number of ether oxygens (including phenoxy) is 1. The largest absolute Gasteiger partial charge is 0.414 e. The molecule has 0 unspecified atom stereocenters. The van der Waals surface area contributed by atoms with Gasteiger partial charge < -0.3 is 30.4 Å². The molecule has 2 aliphatic rings. The molecule has 0 saturated carbocycles. The monoisotopic (exact) mass is 523 g/mol. The number of rotatable bonds is 6. The van der Waals surface area contributed by atoms with E-state index >= 15 is 0 Å². The van der Waals surface area contributed by atoms with Gasteiger partial charge in [0.15, 0.2) is 28.5 Å². The van der Waals surface area contributed by atoms with Gasteiger partial charge in [-0.3, -0.25) is 0 Å². The van der Waals surface area contributed by atoms with Crippen molar-refractivity contribution in [3.63, 3.8) is 0 Å². The van der Waals surface area contributed by atoms with Gasteiger partial charge in [-0.05, 0) is 36.3 Å². The molecule has 0 bridgehead atoms. The van der Waals surface area contributed by atoms with Crippen molar-refractivity contribution in [1.29, 1.82) is 0 Å². The number of nitrogens with one attached hydrogen (secondary N) is 1. The number of hydrogen-bond acceptors (Lipinski definition) is 8. The number of nitrogens with two attached hydrogens (primary N) is 2. The highest BCUT2D eigenvalue weighted by atomic mass is 32.2. The van der Waals surface area contributed by atoms with Crippen LogP contribution in [0.25, 0.3) is 0 Å². The van der Waals surface area contributed by atoms with E-state index in [0.29, 0.717) is 0 Å². The number of carbonyl (C=O) groups excluding carboxylic acids is 1. The molecule has 2 amide bonds. The average Bonchev–Trinajstić information content (AvgIpc) is 2.97. The van der Waals surface area contributed by atoms with Gasteiger partial charge in [0.2, 0.25) is 0 Å². The molecule has 10 nitrogen and oxygen atoms in total. The summed E-state index contributed by atoms with van der Waals surface area (Å²) in [5.74, 6) is 0. The smallest absolute Gasteiger partial charge is 0.314 e. The molecule has 0 aromatic heterocycles. The molecule has 2 rings (SSSR count). The maximum Gasteiger partial charge on any atom is 0.314 e.